The lowest BCUT2D eigenvalue weighted by Gasteiger charge is -2.10. The first-order valence-electron chi connectivity index (χ1n) is 9.20. The molecule has 8 nitrogen and oxygen atoms in total. The van der Waals surface area contributed by atoms with E-state index in [1.54, 1.807) is 25.1 Å². The molecule has 2 aromatic carbocycles. The summed E-state index contributed by atoms with van der Waals surface area (Å²) in [6.07, 6.45) is -2.07. The van der Waals surface area contributed by atoms with Gasteiger partial charge in [0.25, 0.3) is 0 Å². The van der Waals surface area contributed by atoms with Gasteiger partial charge in [-0.3, -0.25) is 4.79 Å². The highest BCUT2D eigenvalue weighted by Gasteiger charge is 2.39. The number of hydrogen-bond acceptors (Lipinski definition) is 8. The van der Waals surface area contributed by atoms with Gasteiger partial charge in [-0.05, 0) is 12.5 Å². The lowest BCUT2D eigenvalue weighted by molar-refractivity contribution is -0.191. The van der Waals surface area contributed by atoms with Crippen LogP contribution in [0.1, 0.15) is 26.9 Å². The lowest BCUT2D eigenvalue weighted by Crippen LogP contribution is -2.16. The number of ether oxygens (including phenoxy) is 1. The molecule has 0 amide bonds. The number of carbonyl (C=O) groups is 1. The minimum Gasteiger partial charge on any atom is -0.460 e. The Labute approximate surface area is 165 Å². The van der Waals surface area contributed by atoms with Gasteiger partial charge in [-0.1, -0.05) is 60.2 Å². The van der Waals surface area contributed by atoms with E-state index >= 15 is 0 Å². The van der Waals surface area contributed by atoms with Crippen molar-refractivity contribution < 1.29 is 35.8 Å². The fourth-order valence-electron chi connectivity index (χ4n) is 2.25. The molecule has 1 aliphatic rings. The zero-order valence-corrected chi connectivity index (χ0v) is 15.4. The minimum atomic E-state index is -4.99. The second kappa shape index (κ2) is 8.98. The second-order valence-electron chi connectivity index (χ2n) is 5.41. The van der Waals surface area contributed by atoms with Crippen molar-refractivity contribution in [2.24, 2.45) is 5.73 Å². The van der Waals surface area contributed by atoms with Crippen molar-refractivity contribution in [2.45, 2.75) is 18.7 Å². The van der Waals surface area contributed by atoms with Gasteiger partial charge in [0.1, 0.15) is 5.70 Å². The third-order valence-electron chi connectivity index (χ3n) is 3.34. The number of Topliss-reactive ketones (excluding diaryl/α,β-unsaturated/α-hetero) is 1. The zero-order chi connectivity index (χ0) is 23.4. The number of ketones is 1. The van der Waals surface area contributed by atoms with Crippen molar-refractivity contribution in [2.75, 3.05) is 0 Å². The largest absolute Gasteiger partial charge is 0.460 e. The van der Waals surface area contributed by atoms with Crippen LogP contribution in [0.2, 0.25) is 0 Å². The third kappa shape index (κ3) is 5.29. The Hall–Kier alpha value is -3.42. The monoisotopic (exact) mass is 406 g/mol. The molecule has 0 radical (unpaired) electrons. The van der Waals surface area contributed by atoms with Crippen LogP contribution < -0.4 is 5.73 Å². The highest BCUT2D eigenvalue weighted by molar-refractivity contribution is 7.86. The number of rotatable bonds is 5. The predicted molar refractivity (Wildman–Crippen MR) is 96.4 cm³/mol. The SMILES string of the molecule is O=C=O.[2H]C([2H])(c1ccccc1)S(=O)(=O)OC1=C(N)O[C@]([2H])(c2cccc(C)c2)C1=O. The topological polar surface area (TPSA) is 130 Å². The molecule has 2 N–H and O–H groups in total. The van der Waals surface area contributed by atoms with E-state index in [9.17, 15) is 13.2 Å². The van der Waals surface area contributed by atoms with Crippen LogP contribution in [-0.4, -0.2) is 20.4 Å². The van der Waals surface area contributed by atoms with Crippen molar-refractivity contribution in [1.82, 2.24) is 0 Å². The Morgan fingerprint density at radius 2 is 1.86 bits per heavy atom. The first-order valence-corrected chi connectivity index (χ1v) is 9.11. The Morgan fingerprint density at radius 1 is 1.21 bits per heavy atom. The summed E-state index contributed by atoms with van der Waals surface area (Å²) in [5, 5.41) is 0. The maximum atomic E-state index is 12.7. The standard InChI is InChI=1S/C18H17NO5S.CO2/c1-12-6-5-9-14(10-12)16-15(20)17(18(19)23-16)24-25(21,22)11-13-7-3-2-4-8-13;2-1-3/h2-10,16H,11,19H2,1H3;/t16-;/m1./s1/i11D2,16D;. The van der Waals surface area contributed by atoms with Crippen LogP contribution in [0.5, 0.6) is 0 Å². The van der Waals surface area contributed by atoms with Crippen LogP contribution in [0.4, 0.5) is 0 Å². The van der Waals surface area contributed by atoms with Crippen molar-refractivity contribution in [3.8, 4) is 0 Å². The van der Waals surface area contributed by atoms with Crippen LogP contribution in [0.25, 0.3) is 0 Å². The molecule has 3 rings (SSSR count). The van der Waals surface area contributed by atoms with Gasteiger partial charge >= 0.3 is 16.3 Å². The van der Waals surface area contributed by atoms with Gasteiger partial charge in [-0.15, -0.1) is 0 Å². The maximum Gasteiger partial charge on any atom is 0.373 e. The predicted octanol–water partition coefficient (Wildman–Crippen LogP) is 1.73. The average Bonchev–Trinajstić information content (AvgIpc) is 2.93. The molecule has 0 bridgehead atoms. The van der Waals surface area contributed by atoms with Gasteiger partial charge in [-0.25, -0.2) is 0 Å². The number of carbonyl (C=O) groups excluding carboxylic acids is 3. The Bertz CT molecular complexity index is 1160. The summed E-state index contributed by atoms with van der Waals surface area (Å²) in [7, 11) is -4.99. The fourth-order valence-corrected chi connectivity index (χ4v) is 3.10. The molecule has 1 aliphatic heterocycles. The van der Waals surface area contributed by atoms with Crippen molar-refractivity contribution in [3.05, 3.63) is 82.9 Å². The van der Waals surface area contributed by atoms with Gasteiger partial charge in [0.05, 0.1) is 4.11 Å². The molecule has 0 spiro atoms. The molecule has 0 aliphatic carbocycles. The van der Waals surface area contributed by atoms with E-state index in [1.165, 1.54) is 36.4 Å². The molecule has 28 heavy (non-hydrogen) atoms. The van der Waals surface area contributed by atoms with Gasteiger partial charge in [0.2, 0.25) is 17.4 Å². The summed E-state index contributed by atoms with van der Waals surface area (Å²) in [4.78, 5) is 29.0. The summed E-state index contributed by atoms with van der Waals surface area (Å²) in [5.41, 5.74) is 3.36. The Balaban J connectivity index is 0.00000107. The Kier molecular flexibility index (Phi) is 5.37. The van der Waals surface area contributed by atoms with Crippen molar-refractivity contribution in [3.63, 3.8) is 0 Å². The second-order valence-corrected chi connectivity index (χ2v) is 6.69. The smallest absolute Gasteiger partial charge is 0.373 e. The molecule has 1 heterocycles. The highest BCUT2D eigenvalue weighted by atomic mass is 32.2. The molecular formula is C19H17NO7S. The molecule has 0 saturated heterocycles. The van der Waals surface area contributed by atoms with Gasteiger partial charge in [-0.2, -0.15) is 18.0 Å². The molecule has 0 unspecified atom stereocenters. The summed E-state index contributed by atoms with van der Waals surface area (Å²) in [5.74, 6) is -2.76. The maximum absolute atomic E-state index is 12.7. The summed E-state index contributed by atoms with van der Waals surface area (Å²) < 4.78 is 59.2. The number of nitrogens with two attached hydrogens (primary N) is 1. The van der Waals surface area contributed by atoms with Crippen LogP contribution in [0, 0.1) is 6.92 Å². The fraction of sp³-hybridized carbons (Fsp3) is 0.158. The molecule has 1 atom stereocenters. The van der Waals surface area contributed by atoms with Crippen LogP contribution >= 0.6 is 0 Å². The number of benzene rings is 2. The van der Waals surface area contributed by atoms with E-state index in [4.69, 9.17) is 28.4 Å². The van der Waals surface area contributed by atoms with Gasteiger partial charge in [0.15, 0.2) is 6.08 Å². The first kappa shape index (κ1) is 16.7. The lowest BCUT2D eigenvalue weighted by atomic mass is 10.0. The van der Waals surface area contributed by atoms with E-state index in [2.05, 4.69) is 0 Å². The molecule has 2 aromatic rings. The van der Waals surface area contributed by atoms with E-state index in [-0.39, 0.29) is 17.3 Å². The van der Waals surface area contributed by atoms with Gasteiger partial charge in [0, 0.05) is 5.56 Å². The summed E-state index contributed by atoms with van der Waals surface area (Å²) >= 11 is 0. The highest BCUT2D eigenvalue weighted by Crippen LogP contribution is 2.33. The van der Waals surface area contributed by atoms with Crippen LogP contribution in [0.3, 0.4) is 0 Å². The number of hydrogen-bond donors (Lipinski definition) is 1. The molecule has 0 fully saturated rings. The van der Waals surface area contributed by atoms with E-state index in [1.807, 2.05) is 0 Å². The average molecular weight is 406 g/mol. The summed E-state index contributed by atoms with van der Waals surface area (Å²) in [6.45, 7) is 1.75. The van der Waals surface area contributed by atoms with E-state index in [0.717, 1.165) is 5.56 Å². The quantitative estimate of drug-likeness (QED) is 0.743. The molecule has 0 aromatic heterocycles. The van der Waals surface area contributed by atoms with Crippen molar-refractivity contribution in [1.29, 1.82) is 0 Å². The first-order chi connectivity index (χ1) is 14.4. The minimum absolute atomic E-state index is 0.141. The molecule has 0 saturated carbocycles. The van der Waals surface area contributed by atoms with E-state index in [0.29, 0.717) is 0 Å². The van der Waals surface area contributed by atoms with Crippen molar-refractivity contribution >= 4 is 22.1 Å². The molecule has 146 valence electrons. The zero-order valence-electron chi connectivity index (χ0n) is 17.5. The third-order valence-corrected chi connectivity index (χ3v) is 4.21. The molecular weight excluding hydrogens is 386 g/mol. The van der Waals surface area contributed by atoms with Crippen LogP contribution in [-0.2, 0) is 39.1 Å². The van der Waals surface area contributed by atoms with Crippen LogP contribution in [0.15, 0.2) is 66.2 Å². The molecule has 9 heteroatoms. The Morgan fingerprint density at radius 3 is 2.46 bits per heavy atom. The summed E-state index contributed by atoms with van der Waals surface area (Å²) in [6, 6.07) is 13.4. The number of aryl methyl sites for hydroxylation is 1. The normalized spacial score (nSPS) is 20.6. The van der Waals surface area contributed by atoms with E-state index < -0.39 is 39.3 Å². The van der Waals surface area contributed by atoms with Gasteiger partial charge < -0.3 is 14.7 Å².